The molecule has 2 aliphatic rings. The van der Waals surface area contributed by atoms with Gasteiger partial charge in [-0.15, -0.1) is 12.4 Å². The maximum atomic E-state index is 12.5. The first-order valence-corrected chi connectivity index (χ1v) is 8.00. The van der Waals surface area contributed by atoms with Crippen molar-refractivity contribution >= 4 is 18.5 Å². The van der Waals surface area contributed by atoms with E-state index >= 15 is 0 Å². The van der Waals surface area contributed by atoms with Gasteiger partial charge in [-0.1, -0.05) is 30.3 Å². The molecule has 2 fully saturated rings. The molecule has 0 spiro atoms. The number of ether oxygens (including phenoxy) is 2. The molecular weight excluding hydrogens is 316 g/mol. The standard InChI is InChI=1S/C17H24N2O3.ClH/c1-21-10-9-19(16-11-14-7-8-15(16)18-14)17(20)22-12-13-5-3-2-4-6-13;/h2-6,14-16,18H,7-12H2,1H3;1H/t14-,15+,16?;/m1./s1. The minimum atomic E-state index is -0.236. The lowest BCUT2D eigenvalue weighted by Gasteiger charge is -2.32. The lowest BCUT2D eigenvalue weighted by atomic mass is 9.94. The lowest BCUT2D eigenvalue weighted by Crippen LogP contribution is -2.48. The fourth-order valence-electron chi connectivity index (χ4n) is 3.52. The molecule has 23 heavy (non-hydrogen) atoms. The van der Waals surface area contributed by atoms with Gasteiger partial charge in [0.1, 0.15) is 6.61 Å². The Kier molecular flexibility index (Phi) is 6.69. The number of fused-ring (bicyclic) bond motifs is 2. The van der Waals surface area contributed by atoms with Gasteiger partial charge in [-0.2, -0.15) is 0 Å². The van der Waals surface area contributed by atoms with E-state index in [-0.39, 0.29) is 24.5 Å². The molecule has 2 aliphatic heterocycles. The van der Waals surface area contributed by atoms with Crippen LogP contribution in [0.25, 0.3) is 0 Å². The van der Waals surface area contributed by atoms with E-state index in [4.69, 9.17) is 9.47 Å². The Morgan fingerprint density at radius 3 is 2.70 bits per heavy atom. The maximum Gasteiger partial charge on any atom is 0.410 e. The topological polar surface area (TPSA) is 50.8 Å². The first-order chi connectivity index (χ1) is 10.8. The molecule has 3 atom stereocenters. The molecule has 1 unspecified atom stereocenters. The summed E-state index contributed by atoms with van der Waals surface area (Å²) in [5.74, 6) is 0. The van der Waals surface area contributed by atoms with Crippen LogP contribution in [0.4, 0.5) is 4.79 Å². The molecule has 1 amide bonds. The van der Waals surface area contributed by atoms with E-state index in [1.807, 2.05) is 35.2 Å². The van der Waals surface area contributed by atoms with Crippen LogP contribution in [0.2, 0.25) is 0 Å². The van der Waals surface area contributed by atoms with E-state index in [9.17, 15) is 4.79 Å². The molecule has 2 bridgehead atoms. The minimum Gasteiger partial charge on any atom is -0.445 e. The molecule has 6 heteroatoms. The Bertz CT molecular complexity index is 500. The number of hydrogen-bond donors (Lipinski definition) is 1. The number of amides is 1. The van der Waals surface area contributed by atoms with Crippen molar-refractivity contribution in [2.75, 3.05) is 20.3 Å². The Balaban J connectivity index is 0.00000192. The van der Waals surface area contributed by atoms with Gasteiger partial charge < -0.3 is 19.7 Å². The summed E-state index contributed by atoms with van der Waals surface area (Å²) >= 11 is 0. The van der Waals surface area contributed by atoms with Gasteiger partial charge in [-0.25, -0.2) is 4.79 Å². The third-order valence-corrected chi connectivity index (χ3v) is 4.64. The molecule has 2 heterocycles. The molecule has 1 aromatic rings. The minimum absolute atomic E-state index is 0. The van der Waals surface area contributed by atoms with E-state index in [0.29, 0.717) is 31.8 Å². The van der Waals surface area contributed by atoms with Crippen molar-refractivity contribution in [2.45, 2.75) is 44.0 Å². The van der Waals surface area contributed by atoms with Crippen LogP contribution in [0.3, 0.4) is 0 Å². The van der Waals surface area contributed by atoms with Crippen LogP contribution in [0, 0.1) is 0 Å². The highest BCUT2D eigenvalue weighted by Gasteiger charge is 2.43. The second-order valence-corrected chi connectivity index (χ2v) is 6.08. The first-order valence-electron chi connectivity index (χ1n) is 8.00. The van der Waals surface area contributed by atoms with Crippen molar-refractivity contribution in [2.24, 2.45) is 0 Å². The summed E-state index contributed by atoms with van der Waals surface area (Å²) in [6.07, 6.45) is 3.15. The Labute approximate surface area is 143 Å². The summed E-state index contributed by atoms with van der Waals surface area (Å²) in [4.78, 5) is 14.4. The van der Waals surface area contributed by atoms with Crippen molar-refractivity contribution in [3.8, 4) is 0 Å². The predicted molar refractivity (Wildman–Crippen MR) is 90.8 cm³/mol. The van der Waals surface area contributed by atoms with Crippen LogP contribution in [-0.2, 0) is 16.1 Å². The highest BCUT2D eigenvalue weighted by Crippen LogP contribution is 2.32. The molecule has 2 saturated heterocycles. The van der Waals surface area contributed by atoms with Gasteiger partial charge in [-0.05, 0) is 24.8 Å². The van der Waals surface area contributed by atoms with Crippen molar-refractivity contribution < 1.29 is 14.3 Å². The number of rotatable bonds is 6. The number of carbonyl (C=O) groups excluding carboxylic acids is 1. The molecule has 0 saturated carbocycles. The summed E-state index contributed by atoms with van der Waals surface area (Å²) in [6, 6.07) is 11.0. The molecule has 0 aliphatic carbocycles. The van der Waals surface area contributed by atoms with E-state index in [2.05, 4.69) is 5.32 Å². The average Bonchev–Trinajstić information content (AvgIpc) is 3.17. The predicted octanol–water partition coefficient (Wildman–Crippen LogP) is 2.59. The van der Waals surface area contributed by atoms with Gasteiger partial charge in [0.25, 0.3) is 0 Å². The van der Waals surface area contributed by atoms with E-state index < -0.39 is 0 Å². The van der Waals surface area contributed by atoms with Crippen LogP contribution in [0.5, 0.6) is 0 Å². The van der Waals surface area contributed by atoms with Crippen molar-refractivity contribution in [1.29, 1.82) is 0 Å². The summed E-state index contributed by atoms with van der Waals surface area (Å²) in [5, 5.41) is 3.57. The highest BCUT2D eigenvalue weighted by molar-refractivity contribution is 5.85. The number of halogens is 1. The summed E-state index contributed by atoms with van der Waals surface area (Å²) in [5.41, 5.74) is 1.01. The molecule has 1 aromatic carbocycles. The lowest BCUT2D eigenvalue weighted by molar-refractivity contribution is 0.0602. The number of methoxy groups -OCH3 is 1. The number of nitrogens with one attached hydrogen (secondary N) is 1. The normalized spacial score (nSPS) is 25.0. The zero-order valence-electron chi connectivity index (χ0n) is 13.4. The van der Waals surface area contributed by atoms with Crippen LogP contribution in [0.15, 0.2) is 30.3 Å². The van der Waals surface area contributed by atoms with Gasteiger partial charge in [0.2, 0.25) is 0 Å². The zero-order valence-corrected chi connectivity index (χ0v) is 14.3. The Morgan fingerprint density at radius 1 is 1.30 bits per heavy atom. The summed E-state index contributed by atoms with van der Waals surface area (Å²) in [6.45, 7) is 1.44. The maximum absolute atomic E-state index is 12.5. The number of carbonyl (C=O) groups is 1. The Hall–Kier alpha value is -1.30. The summed E-state index contributed by atoms with van der Waals surface area (Å²) in [7, 11) is 1.66. The van der Waals surface area contributed by atoms with E-state index in [1.165, 1.54) is 6.42 Å². The smallest absolute Gasteiger partial charge is 0.410 e. The van der Waals surface area contributed by atoms with Crippen LogP contribution in [-0.4, -0.2) is 49.4 Å². The second kappa shape index (κ2) is 8.52. The summed E-state index contributed by atoms with van der Waals surface area (Å²) < 4.78 is 10.7. The van der Waals surface area contributed by atoms with Crippen molar-refractivity contribution in [1.82, 2.24) is 10.2 Å². The van der Waals surface area contributed by atoms with Crippen molar-refractivity contribution in [3.63, 3.8) is 0 Å². The number of hydrogen-bond acceptors (Lipinski definition) is 4. The van der Waals surface area contributed by atoms with Gasteiger partial charge >= 0.3 is 6.09 Å². The van der Waals surface area contributed by atoms with Crippen LogP contribution in [0.1, 0.15) is 24.8 Å². The monoisotopic (exact) mass is 340 g/mol. The number of nitrogens with zero attached hydrogens (tertiary/aromatic N) is 1. The SMILES string of the molecule is COCCN(C(=O)OCc1ccccc1)C1C[C@H]2CC[C@@H]1N2.Cl. The van der Waals surface area contributed by atoms with Gasteiger partial charge in [0, 0.05) is 25.7 Å². The third kappa shape index (κ3) is 4.37. The molecule has 0 aromatic heterocycles. The highest BCUT2D eigenvalue weighted by atomic mass is 35.5. The average molecular weight is 341 g/mol. The molecule has 1 N–H and O–H groups in total. The van der Waals surface area contributed by atoms with E-state index in [1.54, 1.807) is 7.11 Å². The Morgan fingerprint density at radius 2 is 2.09 bits per heavy atom. The second-order valence-electron chi connectivity index (χ2n) is 6.08. The van der Waals surface area contributed by atoms with Crippen LogP contribution >= 0.6 is 12.4 Å². The van der Waals surface area contributed by atoms with Crippen LogP contribution < -0.4 is 5.32 Å². The molecular formula is C17H25ClN2O3. The largest absolute Gasteiger partial charge is 0.445 e. The van der Waals surface area contributed by atoms with Gasteiger partial charge in [0.05, 0.1) is 12.6 Å². The number of benzene rings is 1. The fraction of sp³-hybridized carbons (Fsp3) is 0.588. The van der Waals surface area contributed by atoms with Gasteiger partial charge in [0.15, 0.2) is 0 Å². The first kappa shape index (κ1) is 18.0. The zero-order chi connectivity index (χ0) is 15.4. The third-order valence-electron chi connectivity index (χ3n) is 4.64. The molecule has 3 rings (SSSR count). The van der Waals surface area contributed by atoms with Gasteiger partial charge in [-0.3, -0.25) is 0 Å². The van der Waals surface area contributed by atoms with Crippen molar-refractivity contribution in [3.05, 3.63) is 35.9 Å². The quantitative estimate of drug-likeness (QED) is 0.864. The fourth-order valence-corrected chi connectivity index (χ4v) is 3.52. The molecule has 0 radical (unpaired) electrons. The molecule has 5 nitrogen and oxygen atoms in total. The molecule has 128 valence electrons. The van der Waals surface area contributed by atoms with E-state index in [0.717, 1.165) is 18.4 Å².